The van der Waals surface area contributed by atoms with Crippen LogP contribution in [-0.2, 0) is 10.0 Å². The predicted octanol–water partition coefficient (Wildman–Crippen LogP) is 3.43. The number of methoxy groups -OCH3 is 1. The van der Waals surface area contributed by atoms with Crippen molar-refractivity contribution in [1.29, 1.82) is 0 Å². The van der Waals surface area contributed by atoms with Gasteiger partial charge in [0.2, 0.25) is 10.0 Å². The van der Waals surface area contributed by atoms with Crippen LogP contribution in [0.25, 0.3) is 0 Å². The summed E-state index contributed by atoms with van der Waals surface area (Å²) in [7, 11) is -2.05. The van der Waals surface area contributed by atoms with Crippen LogP contribution < -0.4 is 10.1 Å². The Labute approximate surface area is 160 Å². The zero-order valence-corrected chi connectivity index (χ0v) is 16.4. The minimum Gasteiger partial charge on any atom is -0.495 e. The lowest BCUT2D eigenvalue weighted by Gasteiger charge is -2.26. The van der Waals surface area contributed by atoms with Gasteiger partial charge in [-0.05, 0) is 55.7 Å². The third kappa shape index (κ3) is 4.31. The monoisotopic (exact) mass is 388 g/mol. The van der Waals surface area contributed by atoms with Gasteiger partial charge in [-0.3, -0.25) is 4.79 Å². The summed E-state index contributed by atoms with van der Waals surface area (Å²) >= 11 is 0. The largest absolute Gasteiger partial charge is 0.495 e. The maximum absolute atomic E-state index is 12.8. The van der Waals surface area contributed by atoms with E-state index in [9.17, 15) is 13.2 Å². The molecule has 1 aliphatic rings. The van der Waals surface area contributed by atoms with E-state index >= 15 is 0 Å². The number of carbonyl (C=O) groups excluding carboxylic acids is 1. The van der Waals surface area contributed by atoms with Gasteiger partial charge in [-0.15, -0.1) is 0 Å². The van der Waals surface area contributed by atoms with Gasteiger partial charge in [0.15, 0.2) is 0 Å². The van der Waals surface area contributed by atoms with E-state index in [0.29, 0.717) is 24.5 Å². The van der Waals surface area contributed by atoms with Crippen LogP contribution in [0.4, 0.5) is 5.69 Å². The average molecular weight is 388 g/mol. The Morgan fingerprint density at radius 2 is 1.81 bits per heavy atom. The second kappa shape index (κ2) is 8.10. The second-order valence-electron chi connectivity index (χ2n) is 6.65. The lowest BCUT2D eigenvalue weighted by molar-refractivity contribution is 0.102. The number of hydrogen-bond donors (Lipinski definition) is 1. The van der Waals surface area contributed by atoms with Gasteiger partial charge in [-0.25, -0.2) is 8.42 Å². The van der Waals surface area contributed by atoms with Crippen molar-refractivity contribution in [3.63, 3.8) is 0 Å². The third-order valence-corrected chi connectivity index (χ3v) is 6.55. The number of carbonyl (C=O) groups is 1. The van der Waals surface area contributed by atoms with Gasteiger partial charge in [-0.2, -0.15) is 4.31 Å². The van der Waals surface area contributed by atoms with Crippen LogP contribution in [0.2, 0.25) is 0 Å². The van der Waals surface area contributed by atoms with Crippen molar-refractivity contribution in [3.8, 4) is 5.75 Å². The molecular formula is C20H24N2O4S. The van der Waals surface area contributed by atoms with Gasteiger partial charge in [0, 0.05) is 18.7 Å². The highest BCUT2D eigenvalue weighted by atomic mass is 32.2. The lowest BCUT2D eigenvalue weighted by Crippen LogP contribution is -2.35. The summed E-state index contributed by atoms with van der Waals surface area (Å²) in [5.41, 5.74) is 1.82. The number of anilines is 1. The molecule has 7 heteroatoms. The first-order valence-corrected chi connectivity index (χ1v) is 10.4. The highest BCUT2D eigenvalue weighted by Gasteiger charge is 2.26. The third-order valence-electron chi connectivity index (χ3n) is 4.65. The molecule has 0 spiro atoms. The Kier molecular flexibility index (Phi) is 5.82. The normalized spacial score (nSPS) is 15.3. The highest BCUT2D eigenvalue weighted by molar-refractivity contribution is 7.89. The maximum Gasteiger partial charge on any atom is 0.255 e. The van der Waals surface area contributed by atoms with Crippen molar-refractivity contribution in [1.82, 2.24) is 4.31 Å². The fraction of sp³-hybridized carbons (Fsp3) is 0.350. The fourth-order valence-electron chi connectivity index (χ4n) is 3.17. The maximum atomic E-state index is 12.8. The number of nitrogens with one attached hydrogen (secondary N) is 1. The van der Waals surface area contributed by atoms with Gasteiger partial charge in [0.25, 0.3) is 5.91 Å². The summed E-state index contributed by atoms with van der Waals surface area (Å²) in [6.07, 6.45) is 2.78. The molecule has 6 nitrogen and oxygen atoms in total. The van der Waals surface area contributed by atoms with E-state index in [2.05, 4.69) is 5.32 Å². The minimum absolute atomic E-state index is 0.147. The van der Waals surface area contributed by atoms with Gasteiger partial charge in [0.05, 0.1) is 17.7 Å². The number of sulfonamides is 1. The second-order valence-corrected chi connectivity index (χ2v) is 8.59. The number of ether oxygens (including phenoxy) is 1. The molecule has 1 heterocycles. The van der Waals surface area contributed by atoms with E-state index in [-0.39, 0.29) is 16.4 Å². The van der Waals surface area contributed by atoms with Gasteiger partial charge in [-0.1, -0.05) is 18.6 Å². The number of piperidine rings is 1. The average Bonchev–Trinajstić information content (AvgIpc) is 2.69. The summed E-state index contributed by atoms with van der Waals surface area (Å²) in [5, 5.41) is 2.80. The van der Waals surface area contributed by atoms with Crippen LogP contribution in [0.1, 0.15) is 35.2 Å². The first-order valence-electron chi connectivity index (χ1n) is 8.98. The van der Waals surface area contributed by atoms with Crippen molar-refractivity contribution in [2.75, 3.05) is 25.5 Å². The molecule has 2 aromatic carbocycles. The molecular weight excluding hydrogens is 364 g/mol. The van der Waals surface area contributed by atoms with Crippen LogP contribution in [0.15, 0.2) is 47.4 Å². The van der Waals surface area contributed by atoms with E-state index in [1.165, 1.54) is 23.5 Å². The highest BCUT2D eigenvalue weighted by Crippen LogP contribution is 2.26. The quantitative estimate of drug-likeness (QED) is 0.851. The fourth-order valence-corrected chi connectivity index (χ4v) is 4.73. The first kappa shape index (κ1) is 19.4. The standard InChI is InChI=1S/C20H24N2O4S/c1-15-9-10-19(26-2)18(13-15)21-20(23)16-7-6-8-17(14-16)27(24,25)22-11-4-3-5-12-22/h6-10,13-14H,3-5,11-12H2,1-2H3,(H,21,23). The Bertz CT molecular complexity index is 935. The van der Waals surface area contributed by atoms with Crippen LogP contribution in [0.5, 0.6) is 5.75 Å². The molecule has 0 atom stereocenters. The Hall–Kier alpha value is -2.38. The van der Waals surface area contributed by atoms with Crippen LogP contribution in [0, 0.1) is 6.92 Å². The molecule has 0 bridgehead atoms. The molecule has 3 rings (SSSR count). The topological polar surface area (TPSA) is 75.7 Å². The summed E-state index contributed by atoms with van der Waals surface area (Å²) in [6, 6.07) is 11.6. The zero-order chi connectivity index (χ0) is 19.4. The number of benzene rings is 2. The van der Waals surface area contributed by atoms with E-state index in [1.807, 2.05) is 19.1 Å². The SMILES string of the molecule is COc1ccc(C)cc1NC(=O)c1cccc(S(=O)(=O)N2CCCCC2)c1. The number of nitrogens with zero attached hydrogens (tertiary/aromatic N) is 1. The van der Waals surface area contributed by atoms with Gasteiger partial charge < -0.3 is 10.1 Å². The molecule has 0 unspecified atom stereocenters. The van der Waals surface area contributed by atoms with E-state index in [0.717, 1.165) is 24.8 Å². The Balaban J connectivity index is 1.85. The molecule has 27 heavy (non-hydrogen) atoms. The van der Waals surface area contributed by atoms with Gasteiger partial charge in [0.1, 0.15) is 5.75 Å². The smallest absolute Gasteiger partial charge is 0.255 e. The summed E-state index contributed by atoms with van der Waals surface area (Å²) in [6.45, 7) is 2.97. The van der Waals surface area contributed by atoms with Crippen LogP contribution in [0.3, 0.4) is 0 Å². The zero-order valence-electron chi connectivity index (χ0n) is 15.6. The predicted molar refractivity (Wildman–Crippen MR) is 105 cm³/mol. The number of hydrogen-bond acceptors (Lipinski definition) is 4. The Morgan fingerprint density at radius 3 is 2.52 bits per heavy atom. The summed E-state index contributed by atoms with van der Waals surface area (Å²) < 4.78 is 32.5. The van der Waals surface area contributed by atoms with Gasteiger partial charge >= 0.3 is 0 Å². The summed E-state index contributed by atoms with van der Waals surface area (Å²) in [4.78, 5) is 12.8. The van der Waals surface area contributed by atoms with E-state index < -0.39 is 10.0 Å². The van der Waals surface area contributed by atoms with Crippen molar-refractivity contribution in [2.45, 2.75) is 31.1 Å². The molecule has 1 N–H and O–H groups in total. The number of amides is 1. The minimum atomic E-state index is -3.58. The van der Waals surface area contributed by atoms with Crippen molar-refractivity contribution >= 4 is 21.6 Å². The van der Waals surface area contributed by atoms with Crippen molar-refractivity contribution < 1.29 is 17.9 Å². The first-order chi connectivity index (χ1) is 12.9. The molecule has 1 saturated heterocycles. The van der Waals surface area contributed by atoms with Crippen LogP contribution >= 0.6 is 0 Å². The summed E-state index contributed by atoms with van der Waals surface area (Å²) in [5.74, 6) is 0.167. The van der Waals surface area contributed by atoms with Crippen molar-refractivity contribution in [2.24, 2.45) is 0 Å². The number of aryl methyl sites for hydroxylation is 1. The molecule has 0 aliphatic carbocycles. The molecule has 2 aromatic rings. The lowest BCUT2D eigenvalue weighted by atomic mass is 10.1. The molecule has 1 amide bonds. The van der Waals surface area contributed by atoms with E-state index in [1.54, 1.807) is 18.2 Å². The van der Waals surface area contributed by atoms with E-state index in [4.69, 9.17) is 4.74 Å². The van der Waals surface area contributed by atoms with Crippen molar-refractivity contribution in [3.05, 3.63) is 53.6 Å². The number of rotatable bonds is 5. The molecule has 0 aromatic heterocycles. The Morgan fingerprint density at radius 1 is 1.07 bits per heavy atom. The molecule has 0 saturated carbocycles. The molecule has 0 radical (unpaired) electrons. The van der Waals surface area contributed by atoms with Crippen LogP contribution in [-0.4, -0.2) is 38.8 Å². The molecule has 144 valence electrons. The molecule has 1 aliphatic heterocycles. The molecule has 1 fully saturated rings.